The van der Waals surface area contributed by atoms with Crippen LogP contribution in [0.1, 0.15) is 12.8 Å². The first-order valence-corrected chi connectivity index (χ1v) is 7.92. The summed E-state index contributed by atoms with van der Waals surface area (Å²) >= 11 is 5.57. The molecule has 1 fully saturated rings. The van der Waals surface area contributed by atoms with Gasteiger partial charge in [-0.1, -0.05) is 11.6 Å². The number of aromatic nitrogens is 1. The van der Waals surface area contributed by atoms with Gasteiger partial charge in [-0.05, 0) is 18.9 Å². The first-order valence-electron chi connectivity index (χ1n) is 6.06. The molecule has 1 heterocycles. The van der Waals surface area contributed by atoms with Crippen LogP contribution in [0.4, 0.5) is 0 Å². The SMILES string of the molecule is O=C(NCCNS(=O)(=O)c1c[nH]c(=O)c(Cl)c1)C1CC1. The van der Waals surface area contributed by atoms with E-state index in [1.807, 2.05) is 0 Å². The molecule has 1 aromatic rings. The number of rotatable bonds is 6. The Morgan fingerprint density at radius 3 is 2.70 bits per heavy atom. The molecule has 0 spiro atoms. The fourth-order valence-corrected chi connectivity index (χ4v) is 2.80. The van der Waals surface area contributed by atoms with E-state index in [0.717, 1.165) is 25.1 Å². The molecular formula is C11H14ClN3O4S. The second-order valence-electron chi connectivity index (χ2n) is 4.48. The van der Waals surface area contributed by atoms with Crippen LogP contribution in [0.3, 0.4) is 0 Å². The van der Waals surface area contributed by atoms with Crippen LogP contribution in [0, 0.1) is 5.92 Å². The Hall–Kier alpha value is -1.38. The van der Waals surface area contributed by atoms with E-state index < -0.39 is 15.6 Å². The summed E-state index contributed by atoms with van der Waals surface area (Å²) < 4.78 is 26.1. The summed E-state index contributed by atoms with van der Waals surface area (Å²) in [6.07, 6.45) is 2.86. The number of pyridine rings is 1. The Labute approximate surface area is 120 Å². The Morgan fingerprint density at radius 1 is 1.40 bits per heavy atom. The fourth-order valence-electron chi connectivity index (χ4n) is 1.54. The van der Waals surface area contributed by atoms with Crippen molar-refractivity contribution in [1.82, 2.24) is 15.0 Å². The highest BCUT2D eigenvalue weighted by Gasteiger charge is 2.29. The van der Waals surface area contributed by atoms with Gasteiger partial charge in [-0.2, -0.15) is 0 Å². The van der Waals surface area contributed by atoms with E-state index in [2.05, 4.69) is 15.0 Å². The minimum atomic E-state index is -3.76. The molecule has 1 saturated carbocycles. The van der Waals surface area contributed by atoms with Gasteiger partial charge in [0.15, 0.2) is 0 Å². The van der Waals surface area contributed by atoms with E-state index in [0.29, 0.717) is 0 Å². The summed E-state index contributed by atoms with van der Waals surface area (Å²) in [7, 11) is -3.76. The van der Waals surface area contributed by atoms with Gasteiger partial charge in [-0.15, -0.1) is 0 Å². The third-order valence-corrected chi connectivity index (χ3v) is 4.53. The molecule has 0 saturated heterocycles. The lowest BCUT2D eigenvalue weighted by atomic mass is 10.4. The zero-order valence-electron chi connectivity index (χ0n) is 10.5. The number of nitrogens with one attached hydrogen (secondary N) is 3. The molecule has 20 heavy (non-hydrogen) atoms. The van der Waals surface area contributed by atoms with Crippen molar-refractivity contribution in [3.05, 3.63) is 27.6 Å². The van der Waals surface area contributed by atoms with Gasteiger partial charge >= 0.3 is 0 Å². The van der Waals surface area contributed by atoms with Crippen LogP contribution in [0.5, 0.6) is 0 Å². The number of carbonyl (C=O) groups is 1. The number of hydrogen-bond acceptors (Lipinski definition) is 4. The van der Waals surface area contributed by atoms with Crippen molar-refractivity contribution >= 4 is 27.5 Å². The van der Waals surface area contributed by atoms with E-state index in [1.54, 1.807) is 0 Å². The van der Waals surface area contributed by atoms with E-state index in [-0.39, 0.29) is 34.8 Å². The summed E-state index contributed by atoms with van der Waals surface area (Å²) in [4.78, 5) is 24.5. The summed E-state index contributed by atoms with van der Waals surface area (Å²) in [6, 6.07) is 1.07. The number of hydrogen-bond donors (Lipinski definition) is 3. The summed E-state index contributed by atoms with van der Waals surface area (Å²) in [5, 5.41) is 2.44. The highest BCUT2D eigenvalue weighted by molar-refractivity contribution is 7.89. The van der Waals surface area contributed by atoms with Crippen molar-refractivity contribution in [3.8, 4) is 0 Å². The molecule has 0 bridgehead atoms. The van der Waals surface area contributed by atoms with Crippen LogP contribution in [0.15, 0.2) is 22.0 Å². The van der Waals surface area contributed by atoms with Crippen LogP contribution in [0.25, 0.3) is 0 Å². The van der Waals surface area contributed by atoms with E-state index in [1.165, 1.54) is 0 Å². The molecule has 0 atom stereocenters. The van der Waals surface area contributed by atoms with Crippen molar-refractivity contribution in [2.24, 2.45) is 5.92 Å². The van der Waals surface area contributed by atoms with Gasteiger partial charge in [-0.25, -0.2) is 13.1 Å². The fraction of sp³-hybridized carbons (Fsp3) is 0.455. The van der Waals surface area contributed by atoms with Gasteiger partial charge in [-0.3, -0.25) is 9.59 Å². The maximum atomic E-state index is 11.9. The van der Waals surface area contributed by atoms with Crippen LogP contribution < -0.4 is 15.6 Å². The molecule has 9 heteroatoms. The molecule has 0 unspecified atom stereocenters. The maximum absolute atomic E-state index is 11.9. The topological polar surface area (TPSA) is 108 Å². The first-order chi connectivity index (χ1) is 9.40. The molecule has 7 nitrogen and oxygen atoms in total. The second-order valence-corrected chi connectivity index (χ2v) is 6.65. The van der Waals surface area contributed by atoms with Gasteiger partial charge < -0.3 is 10.3 Å². The monoisotopic (exact) mass is 319 g/mol. The van der Waals surface area contributed by atoms with Crippen molar-refractivity contribution in [2.45, 2.75) is 17.7 Å². The number of H-pyrrole nitrogens is 1. The minimum Gasteiger partial charge on any atom is -0.355 e. The Morgan fingerprint density at radius 2 is 2.10 bits per heavy atom. The van der Waals surface area contributed by atoms with Crippen molar-refractivity contribution in [1.29, 1.82) is 0 Å². The Bertz CT molecular complexity index is 666. The lowest BCUT2D eigenvalue weighted by Crippen LogP contribution is -2.35. The molecule has 1 aromatic heterocycles. The quantitative estimate of drug-likeness (QED) is 0.633. The van der Waals surface area contributed by atoms with E-state index >= 15 is 0 Å². The second kappa shape index (κ2) is 5.94. The van der Waals surface area contributed by atoms with Crippen molar-refractivity contribution in [3.63, 3.8) is 0 Å². The van der Waals surface area contributed by atoms with Gasteiger partial charge in [0.25, 0.3) is 5.56 Å². The maximum Gasteiger partial charge on any atom is 0.266 e. The highest BCUT2D eigenvalue weighted by atomic mass is 35.5. The number of carbonyl (C=O) groups excluding carboxylic acids is 1. The molecule has 110 valence electrons. The molecule has 0 aliphatic heterocycles. The zero-order valence-corrected chi connectivity index (χ0v) is 12.1. The first kappa shape index (κ1) is 15.0. The van der Waals surface area contributed by atoms with Gasteiger partial charge in [0, 0.05) is 25.2 Å². The predicted octanol–water partition coefficient (Wildman–Crippen LogP) is -0.167. The summed E-state index contributed by atoms with van der Waals surface area (Å²) in [5.41, 5.74) is -0.553. The normalized spacial score (nSPS) is 15.1. The Balaban J connectivity index is 1.88. The molecule has 0 radical (unpaired) electrons. The van der Waals surface area contributed by atoms with Gasteiger partial charge in [0.05, 0.1) is 4.90 Å². The molecular weight excluding hydrogens is 306 g/mol. The lowest BCUT2D eigenvalue weighted by molar-refractivity contribution is -0.122. The highest BCUT2D eigenvalue weighted by Crippen LogP contribution is 2.28. The largest absolute Gasteiger partial charge is 0.355 e. The van der Waals surface area contributed by atoms with Crippen LogP contribution in [-0.4, -0.2) is 32.4 Å². The number of amides is 1. The van der Waals surface area contributed by atoms with Crippen LogP contribution in [-0.2, 0) is 14.8 Å². The third kappa shape index (κ3) is 3.81. The molecule has 3 N–H and O–H groups in total. The molecule has 1 aliphatic rings. The van der Waals surface area contributed by atoms with Gasteiger partial charge in [0.2, 0.25) is 15.9 Å². The molecule has 0 aromatic carbocycles. The van der Waals surface area contributed by atoms with E-state index in [4.69, 9.17) is 11.6 Å². The smallest absolute Gasteiger partial charge is 0.266 e. The average molecular weight is 320 g/mol. The molecule has 1 aliphatic carbocycles. The average Bonchev–Trinajstić information content (AvgIpc) is 3.22. The van der Waals surface area contributed by atoms with Gasteiger partial charge in [0.1, 0.15) is 5.02 Å². The van der Waals surface area contributed by atoms with Crippen molar-refractivity contribution < 1.29 is 13.2 Å². The van der Waals surface area contributed by atoms with E-state index in [9.17, 15) is 18.0 Å². The predicted molar refractivity (Wildman–Crippen MR) is 73.0 cm³/mol. The summed E-state index contributed by atoms with van der Waals surface area (Å²) in [6.45, 7) is 0.281. The number of halogens is 1. The van der Waals surface area contributed by atoms with Crippen LogP contribution in [0.2, 0.25) is 5.02 Å². The summed E-state index contributed by atoms with van der Waals surface area (Å²) in [5.74, 6) is 0.0425. The Kier molecular flexibility index (Phi) is 4.46. The molecule has 1 amide bonds. The number of sulfonamides is 1. The third-order valence-electron chi connectivity index (χ3n) is 2.81. The standard InChI is InChI=1S/C11H14ClN3O4S/c12-9-5-8(6-14-11(9)17)20(18,19)15-4-3-13-10(16)7-1-2-7/h5-7,15H,1-4H2,(H,13,16)(H,14,17). The van der Waals surface area contributed by atoms with Crippen LogP contribution >= 0.6 is 11.6 Å². The zero-order chi connectivity index (χ0) is 14.8. The minimum absolute atomic E-state index is 0.0451. The van der Waals surface area contributed by atoms with Crippen molar-refractivity contribution in [2.75, 3.05) is 13.1 Å². The molecule has 2 rings (SSSR count). The number of aromatic amines is 1. The lowest BCUT2D eigenvalue weighted by Gasteiger charge is -2.07.